The van der Waals surface area contributed by atoms with Crippen molar-refractivity contribution in [3.8, 4) is 5.75 Å². The molecule has 3 rings (SSSR count). The van der Waals surface area contributed by atoms with Crippen LogP contribution in [0.25, 0.3) is 11.1 Å². The molecular weight excluding hydrogens is 330 g/mol. The van der Waals surface area contributed by atoms with E-state index in [1.807, 2.05) is 13.8 Å². The number of ether oxygens (including phenoxy) is 1. The molecule has 0 aliphatic heterocycles. The van der Waals surface area contributed by atoms with Crippen molar-refractivity contribution < 1.29 is 13.9 Å². The highest BCUT2D eigenvalue weighted by atomic mass is 35.5. The van der Waals surface area contributed by atoms with Crippen molar-refractivity contribution >= 4 is 34.4 Å². The molecule has 1 aromatic carbocycles. The van der Waals surface area contributed by atoms with Crippen LogP contribution in [0.15, 0.2) is 35.0 Å². The SMILES string of the molecule is Cc1oc2ncnc(NC(=O)C(C)Oc3ccc(Cl)cc3)c2c1C. The maximum atomic E-state index is 12.4. The largest absolute Gasteiger partial charge is 0.481 e. The third-order valence-corrected chi connectivity index (χ3v) is 3.95. The minimum atomic E-state index is -0.704. The second-order valence-electron chi connectivity index (χ2n) is 5.39. The molecule has 7 heteroatoms. The molecule has 0 bridgehead atoms. The maximum absolute atomic E-state index is 12.4. The zero-order valence-electron chi connectivity index (χ0n) is 13.5. The summed E-state index contributed by atoms with van der Waals surface area (Å²) in [5.41, 5.74) is 1.34. The van der Waals surface area contributed by atoms with Gasteiger partial charge in [0, 0.05) is 10.6 Å². The number of carbonyl (C=O) groups is 1. The zero-order valence-corrected chi connectivity index (χ0v) is 14.2. The highest BCUT2D eigenvalue weighted by Crippen LogP contribution is 2.28. The number of anilines is 1. The summed E-state index contributed by atoms with van der Waals surface area (Å²) in [4.78, 5) is 20.6. The van der Waals surface area contributed by atoms with Gasteiger partial charge in [-0.05, 0) is 45.0 Å². The maximum Gasteiger partial charge on any atom is 0.266 e. The number of aromatic nitrogens is 2. The van der Waals surface area contributed by atoms with Crippen molar-refractivity contribution in [2.45, 2.75) is 26.9 Å². The Kier molecular flexibility index (Phi) is 4.40. The molecule has 1 unspecified atom stereocenters. The van der Waals surface area contributed by atoms with E-state index in [1.165, 1.54) is 6.33 Å². The third-order valence-electron chi connectivity index (χ3n) is 3.70. The third kappa shape index (κ3) is 3.19. The summed E-state index contributed by atoms with van der Waals surface area (Å²) in [6.07, 6.45) is 0.648. The first-order chi connectivity index (χ1) is 11.5. The number of benzene rings is 1. The molecule has 124 valence electrons. The molecule has 0 aliphatic rings. The van der Waals surface area contributed by atoms with Crippen LogP contribution in [0.3, 0.4) is 0 Å². The topological polar surface area (TPSA) is 77.3 Å². The number of hydrogen-bond acceptors (Lipinski definition) is 5. The van der Waals surface area contributed by atoms with Crippen molar-refractivity contribution in [1.29, 1.82) is 0 Å². The molecule has 1 amide bonds. The highest BCUT2D eigenvalue weighted by Gasteiger charge is 2.19. The van der Waals surface area contributed by atoms with Crippen LogP contribution in [-0.4, -0.2) is 22.0 Å². The Bertz CT molecular complexity index is 890. The van der Waals surface area contributed by atoms with Crippen LogP contribution in [0.2, 0.25) is 5.02 Å². The van der Waals surface area contributed by atoms with Gasteiger partial charge in [0.2, 0.25) is 5.71 Å². The van der Waals surface area contributed by atoms with E-state index < -0.39 is 6.10 Å². The molecular formula is C17H16ClN3O3. The minimum absolute atomic E-state index is 0.316. The fourth-order valence-corrected chi connectivity index (χ4v) is 2.39. The monoisotopic (exact) mass is 345 g/mol. The van der Waals surface area contributed by atoms with Crippen molar-refractivity contribution in [2.24, 2.45) is 0 Å². The zero-order chi connectivity index (χ0) is 17.3. The molecule has 2 aromatic heterocycles. The van der Waals surface area contributed by atoms with Gasteiger partial charge in [0.1, 0.15) is 23.7 Å². The smallest absolute Gasteiger partial charge is 0.266 e. The van der Waals surface area contributed by atoms with Gasteiger partial charge in [-0.2, -0.15) is 0 Å². The van der Waals surface area contributed by atoms with Crippen LogP contribution in [-0.2, 0) is 4.79 Å². The van der Waals surface area contributed by atoms with Gasteiger partial charge in [0.15, 0.2) is 6.10 Å². The Balaban J connectivity index is 1.78. The molecule has 0 saturated carbocycles. The molecule has 2 heterocycles. The number of amides is 1. The molecule has 0 saturated heterocycles. The average molecular weight is 346 g/mol. The Hall–Kier alpha value is -2.60. The first-order valence-electron chi connectivity index (χ1n) is 7.39. The summed E-state index contributed by atoms with van der Waals surface area (Å²) in [6, 6.07) is 6.82. The van der Waals surface area contributed by atoms with Gasteiger partial charge in [-0.25, -0.2) is 9.97 Å². The standard InChI is InChI=1S/C17H16ClN3O3/c1-9-10(2)24-17-14(9)15(19-8-20-17)21-16(22)11(3)23-13-6-4-12(18)5-7-13/h4-8,11H,1-3H3,(H,19,20,21,22). The number of rotatable bonds is 4. The summed E-state index contributed by atoms with van der Waals surface area (Å²) in [6.45, 7) is 5.40. The Morgan fingerprint density at radius 3 is 2.67 bits per heavy atom. The molecule has 0 spiro atoms. The van der Waals surface area contributed by atoms with Crippen LogP contribution in [0.1, 0.15) is 18.2 Å². The van der Waals surface area contributed by atoms with Gasteiger partial charge >= 0.3 is 0 Å². The van der Waals surface area contributed by atoms with Gasteiger partial charge < -0.3 is 14.5 Å². The van der Waals surface area contributed by atoms with Crippen LogP contribution < -0.4 is 10.1 Å². The number of fused-ring (bicyclic) bond motifs is 1. The first-order valence-corrected chi connectivity index (χ1v) is 7.77. The lowest BCUT2D eigenvalue weighted by Gasteiger charge is -2.14. The Morgan fingerprint density at radius 1 is 1.25 bits per heavy atom. The predicted octanol–water partition coefficient (Wildman–Crippen LogP) is 3.90. The second-order valence-corrected chi connectivity index (χ2v) is 5.83. The van der Waals surface area contributed by atoms with Crippen molar-refractivity contribution in [3.63, 3.8) is 0 Å². The van der Waals surface area contributed by atoms with Crippen molar-refractivity contribution in [2.75, 3.05) is 5.32 Å². The minimum Gasteiger partial charge on any atom is -0.481 e. The summed E-state index contributed by atoms with van der Waals surface area (Å²) < 4.78 is 11.2. The van der Waals surface area contributed by atoms with Gasteiger partial charge in [0.25, 0.3) is 5.91 Å². The van der Waals surface area contributed by atoms with E-state index >= 15 is 0 Å². The molecule has 3 aromatic rings. The fraction of sp³-hybridized carbons (Fsp3) is 0.235. The molecule has 1 N–H and O–H groups in total. The average Bonchev–Trinajstić information content (AvgIpc) is 2.85. The van der Waals surface area contributed by atoms with E-state index in [9.17, 15) is 4.79 Å². The highest BCUT2D eigenvalue weighted by molar-refractivity contribution is 6.30. The van der Waals surface area contributed by atoms with Crippen LogP contribution in [0, 0.1) is 13.8 Å². The van der Waals surface area contributed by atoms with E-state index in [4.69, 9.17) is 20.8 Å². The quantitative estimate of drug-likeness (QED) is 0.776. The number of nitrogens with one attached hydrogen (secondary N) is 1. The van der Waals surface area contributed by atoms with E-state index in [2.05, 4.69) is 15.3 Å². The lowest BCUT2D eigenvalue weighted by Crippen LogP contribution is -2.30. The van der Waals surface area contributed by atoms with Crippen LogP contribution in [0.5, 0.6) is 5.75 Å². The number of halogens is 1. The second kappa shape index (κ2) is 6.49. The van der Waals surface area contributed by atoms with E-state index in [-0.39, 0.29) is 5.91 Å². The fourth-order valence-electron chi connectivity index (χ4n) is 2.27. The number of furan rings is 1. The van der Waals surface area contributed by atoms with Crippen molar-refractivity contribution in [1.82, 2.24) is 9.97 Å². The number of carbonyl (C=O) groups excluding carboxylic acids is 1. The van der Waals surface area contributed by atoms with Gasteiger partial charge in [-0.15, -0.1) is 0 Å². The lowest BCUT2D eigenvalue weighted by atomic mass is 10.2. The molecule has 6 nitrogen and oxygen atoms in total. The summed E-state index contributed by atoms with van der Waals surface area (Å²) >= 11 is 5.83. The summed E-state index contributed by atoms with van der Waals surface area (Å²) in [7, 11) is 0. The van der Waals surface area contributed by atoms with E-state index in [0.717, 1.165) is 11.3 Å². The van der Waals surface area contributed by atoms with E-state index in [1.54, 1.807) is 31.2 Å². The molecule has 1 atom stereocenters. The predicted molar refractivity (Wildman–Crippen MR) is 91.4 cm³/mol. The molecule has 24 heavy (non-hydrogen) atoms. The Labute approximate surface area is 143 Å². The number of aryl methyl sites for hydroxylation is 2. The van der Waals surface area contributed by atoms with Crippen LogP contribution in [0.4, 0.5) is 5.82 Å². The summed E-state index contributed by atoms with van der Waals surface area (Å²) in [5.74, 6) is 1.39. The summed E-state index contributed by atoms with van der Waals surface area (Å²) in [5, 5.41) is 4.07. The number of nitrogens with zero attached hydrogens (tertiary/aromatic N) is 2. The Morgan fingerprint density at radius 2 is 1.96 bits per heavy atom. The van der Waals surface area contributed by atoms with Gasteiger partial charge in [-0.1, -0.05) is 11.6 Å². The van der Waals surface area contributed by atoms with Gasteiger partial charge in [-0.3, -0.25) is 4.79 Å². The molecule has 0 radical (unpaired) electrons. The normalized spacial score (nSPS) is 12.2. The molecule has 0 aliphatic carbocycles. The van der Waals surface area contributed by atoms with Crippen molar-refractivity contribution in [3.05, 3.63) is 46.9 Å². The number of hydrogen-bond donors (Lipinski definition) is 1. The first kappa shape index (κ1) is 16.3. The van der Waals surface area contributed by atoms with E-state index in [0.29, 0.717) is 27.7 Å². The van der Waals surface area contributed by atoms with Crippen LogP contribution >= 0.6 is 11.6 Å². The lowest BCUT2D eigenvalue weighted by molar-refractivity contribution is -0.122. The van der Waals surface area contributed by atoms with Gasteiger partial charge in [0.05, 0.1) is 5.39 Å². The molecule has 0 fully saturated rings.